The van der Waals surface area contributed by atoms with Crippen LogP contribution in [0.25, 0.3) is 0 Å². The molecule has 0 unspecified atom stereocenters. The third-order valence-corrected chi connectivity index (χ3v) is 15.1. The zero-order valence-electron chi connectivity index (χ0n) is 33.8. The number of hydrogen-bond donors (Lipinski definition) is 1. The quantitative estimate of drug-likeness (QED) is 0.146. The van der Waals surface area contributed by atoms with E-state index in [4.69, 9.17) is 9.47 Å². The third-order valence-electron chi connectivity index (χ3n) is 13.1. The standard InChI is InChI=1S/C25H34O.C23H30O4S/c1-5-7-16-25(6-2)17-15-20-13-14-22(26-4)18-23(20)24(19(25)3)21-11-9-8-10-12-21;1-4-6-14-23(5-2)16-28(25,26)20-13-12-18(27-3)15-19(20)21(22(23)24)17-10-8-7-9-11-17/h8-14,18-19,24H,5-7,15-17H2,1-4H3;7-13,15,21-22,24H,4-6,14,16H2,1-3H3/t19-,24-,25-;21-,22-,23+/m10/s1. The molecule has 0 saturated heterocycles. The Kier molecular flexibility index (Phi) is 14.1. The minimum absolute atomic E-state index is 0.0275. The average molecular weight is 753 g/mol. The summed E-state index contributed by atoms with van der Waals surface area (Å²) in [4.78, 5) is 0.313. The summed E-state index contributed by atoms with van der Waals surface area (Å²) in [5.74, 6) is 2.20. The lowest BCUT2D eigenvalue weighted by Gasteiger charge is -2.42. The van der Waals surface area contributed by atoms with Crippen molar-refractivity contribution < 1.29 is 23.0 Å². The molecule has 0 radical (unpaired) electrons. The largest absolute Gasteiger partial charge is 0.497 e. The Morgan fingerprint density at radius 1 is 0.685 bits per heavy atom. The number of aliphatic hydroxyl groups is 1. The van der Waals surface area contributed by atoms with Gasteiger partial charge in [-0.15, -0.1) is 0 Å². The number of unbranched alkanes of at least 4 members (excludes halogenated alkanes) is 2. The molecule has 5 nitrogen and oxygen atoms in total. The maximum Gasteiger partial charge on any atom is 0.179 e. The van der Waals surface area contributed by atoms with E-state index in [1.807, 2.05) is 37.3 Å². The number of hydrogen-bond acceptors (Lipinski definition) is 5. The molecular weight excluding hydrogens is 689 g/mol. The van der Waals surface area contributed by atoms with E-state index in [-0.39, 0.29) is 5.75 Å². The predicted molar refractivity (Wildman–Crippen MR) is 223 cm³/mol. The minimum Gasteiger partial charge on any atom is -0.497 e. The highest BCUT2D eigenvalue weighted by atomic mass is 32.2. The van der Waals surface area contributed by atoms with Crippen molar-refractivity contribution in [3.63, 3.8) is 0 Å². The number of aryl methyl sites for hydroxylation is 1. The molecule has 54 heavy (non-hydrogen) atoms. The number of rotatable bonds is 12. The van der Waals surface area contributed by atoms with Crippen molar-refractivity contribution in [1.82, 2.24) is 0 Å². The highest BCUT2D eigenvalue weighted by molar-refractivity contribution is 7.91. The van der Waals surface area contributed by atoms with E-state index in [1.165, 1.54) is 55.2 Å². The smallest absolute Gasteiger partial charge is 0.179 e. The maximum absolute atomic E-state index is 13.4. The fourth-order valence-corrected chi connectivity index (χ4v) is 11.9. The van der Waals surface area contributed by atoms with Crippen molar-refractivity contribution in [3.8, 4) is 11.5 Å². The van der Waals surface area contributed by atoms with Gasteiger partial charge < -0.3 is 14.6 Å². The Labute approximate surface area is 326 Å². The molecule has 6 atom stereocenters. The predicted octanol–water partition coefficient (Wildman–Crippen LogP) is 11.6. The summed E-state index contributed by atoms with van der Waals surface area (Å²) in [7, 11) is -0.200. The summed E-state index contributed by atoms with van der Waals surface area (Å²) in [5, 5.41) is 11.7. The minimum atomic E-state index is -3.54. The van der Waals surface area contributed by atoms with Crippen molar-refractivity contribution in [2.24, 2.45) is 16.7 Å². The molecule has 0 spiro atoms. The summed E-state index contributed by atoms with van der Waals surface area (Å²) in [6.45, 7) is 11.3. The van der Waals surface area contributed by atoms with E-state index in [2.05, 4.69) is 76.2 Å². The van der Waals surface area contributed by atoms with Gasteiger partial charge in [0.05, 0.1) is 31.0 Å². The molecular formula is C48H64O5S. The Balaban J connectivity index is 0.000000208. The maximum atomic E-state index is 13.4. The lowest BCUT2D eigenvalue weighted by Crippen LogP contribution is -2.42. The van der Waals surface area contributed by atoms with Crippen molar-refractivity contribution in [2.45, 2.75) is 122 Å². The van der Waals surface area contributed by atoms with Crippen LogP contribution in [-0.4, -0.2) is 39.6 Å². The van der Waals surface area contributed by atoms with Crippen LogP contribution in [-0.2, 0) is 16.3 Å². The number of ether oxygens (including phenoxy) is 2. The lowest BCUT2D eigenvalue weighted by molar-refractivity contribution is 0.0174. The van der Waals surface area contributed by atoms with E-state index in [0.717, 1.165) is 24.2 Å². The first-order valence-corrected chi connectivity index (χ1v) is 22.0. The highest BCUT2D eigenvalue weighted by Crippen LogP contribution is 2.53. The molecule has 0 aromatic heterocycles. The van der Waals surface area contributed by atoms with Crippen LogP contribution in [0, 0.1) is 16.7 Å². The Morgan fingerprint density at radius 2 is 1.20 bits per heavy atom. The Morgan fingerprint density at radius 3 is 1.74 bits per heavy atom. The second kappa shape index (κ2) is 18.3. The number of methoxy groups -OCH3 is 2. The van der Waals surface area contributed by atoms with Crippen LogP contribution in [0.3, 0.4) is 0 Å². The summed E-state index contributed by atoms with van der Waals surface area (Å²) < 4.78 is 37.8. The Bertz CT molecular complexity index is 1890. The summed E-state index contributed by atoms with van der Waals surface area (Å²) in [6, 6.07) is 32.7. The first-order chi connectivity index (χ1) is 26.0. The SMILES string of the molecule is CCCC[C@]1(CC)CCc2ccc(OC)cc2[C@@H](c2ccccc2)[C@H]1C.CCCC[C@]1(CC)CS(=O)(=O)c2ccc(OC)cc2[C@H](c2ccccc2)[C@@H]1O. The van der Waals surface area contributed by atoms with E-state index in [9.17, 15) is 13.5 Å². The number of benzene rings is 4. The summed E-state index contributed by atoms with van der Waals surface area (Å²) >= 11 is 0. The normalized spacial score (nSPS) is 25.9. The van der Waals surface area contributed by atoms with Gasteiger partial charge in [-0.25, -0.2) is 8.42 Å². The molecule has 0 saturated carbocycles. The molecule has 4 aromatic carbocycles. The van der Waals surface area contributed by atoms with Gasteiger partial charge in [0.1, 0.15) is 11.5 Å². The van der Waals surface area contributed by atoms with Gasteiger partial charge in [-0.05, 0) is 102 Å². The second-order valence-corrected chi connectivity index (χ2v) is 17.8. The molecule has 0 amide bonds. The van der Waals surface area contributed by atoms with Crippen LogP contribution in [0.15, 0.2) is 102 Å². The first-order valence-electron chi connectivity index (χ1n) is 20.4. The zero-order chi connectivity index (χ0) is 38.9. The highest BCUT2D eigenvalue weighted by Gasteiger charge is 2.49. The molecule has 1 aliphatic heterocycles. The summed E-state index contributed by atoms with van der Waals surface area (Å²) in [6.07, 6.45) is 10.1. The van der Waals surface area contributed by atoms with Crippen LogP contribution in [0.1, 0.15) is 132 Å². The van der Waals surface area contributed by atoms with E-state index in [1.54, 1.807) is 32.4 Å². The topological polar surface area (TPSA) is 72.8 Å². The van der Waals surface area contributed by atoms with Crippen LogP contribution in [0.2, 0.25) is 0 Å². The number of sulfone groups is 1. The molecule has 1 heterocycles. The molecule has 0 fully saturated rings. The van der Waals surface area contributed by atoms with Crippen molar-refractivity contribution in [2.75, 3.05) is 20.0 Å². The van der Waals surface area contributed by atoms with Crippen LogP contribution < -0.4 is 9.47 Å². The van der Waals surface area contributed by atoms with Gasteiger partial charge in [0.25, 0.3) is 0 Å². The first kappa shape index (κ1) is 41.6. The molecule has 4 aromatic rings. The van der Waals surface area contributed by atoms with Gasteiger partial charge >= 0.3 is 0 Å². The van der Waals surface area contributed by atoms with E-state index in [0.29, 0.717) is 46.3 Å². The molecule has 6 rings (SSSR count). The monoisotopic (exact) mass is 752 g/mol. The molecule has 6 heteroatoms. The lowest BCUT2D eigenvalue weighted by atomic mass is 9.63. The van der Waals surface area contributed by atoms with E-state index < -0.39 is 27.3 Å². The van der Waals surface area contributed by atoms with Gasteiger partial charge in [-0.3, -0.25) is 0 Å². The fraction of sp³-hybridized carbons (Fsp3) is 0.500. The van der Waals surface area contributed by atoms with Crippen molar-refractivity contribution >= 4 is 9.84 Å². The average Bonchev–Trinajstić information content (AvgIpc) is 3.37. The van der Waals surface area contributed by atoms with Gasteiger partial charge in [0.15, 0.2) is 9.84 Å². The van der Waals surface area contributed by atoms with Gasteiger partial charge in [0, 0.05) is 17.3 Å². The number of fused-ring (bicyclic) bond motifs is 2. The molecule has 0 bridgehead atoms. The van der Waals surface area contributed by atoms with Crippen LogP contribution >= 0.6 is 0 Å². The number of aliphatic hydroxyl groups excluding tert-OH is 1. The van der Waals surface area contributed by atoms with Gasteiger partial charge in [0.2, 0.25) is 0 Å². The van der Waals surface area contributed by atoms with Crippen LogP contribution in [0.5, 0.6) is 11.5 Å². The van der Waals surface area contributed by atoms with Crippen LogP contribution in [0.4, 0.5) is 0 Å². The summed E-state index contributed by atoms with van der Waals surface area (Å²) in [5.41, 5.74) is 5.74. The van der Waals surface area contributed by atoms with Crippen molar-refractivity contribution in [1.29, 1.82) is 0 Å². The van der Waals surface area contributed by atoms with Gasteiger partial charge in [-0.1, -0.05) is 133 Å². The fourth-order valence-electron chi connectivity index (χ4n) is 9.64. The second-order valence-electron chi connectivity index (χ2n) is 15.9. The molecule has 1 N–H and O–H groups in total. The van der Waals surface area contributed by atoms with E-state index >= 15 is 0 Å². The zero-order valence-corrected chi connectivity index (χ0v) is 34.6. The van der Waals surface area contributed by atoms with Crippen molar-refractivity contribution in [3.05, 3.63) is 125 Å². The van der Waals surface area contributed by atoms with Gasteiger partial charge in [-0.2, -0.15) is 0 Å². The molecule has 292 valence electrons. The Hall–Kier alpha value is -3.61. The molecule has 2 aliphatic rings. The molecule has 1 aliphatic carbocycles. The third kappa shape index (κ3) is 8.60.